The number of cyclic esters (lactones) is 1. The number of hydrogen-bond acceptors (Lipinski definition) is 5. The van der Waals surface area contributed by atoms with Crippen LogP contribution in [0.1, 0.15) is 31.9 Å². The highest BCUT2D eigenvalue weighted by atomic mass is 19.1. The summed E-state index contributed by atoms with van der Waals surface area (Å²) in [4.78, 5) is 24.6. The van der Waals surface area contributed by atoms with E-state index in [-0.39, 0.29) is 42.7 Å². The fourth-order valence-corrected chi connectivity index (χ4v) is 3.86. The van der Waals surface area contributed by atoms with Crippen LogP contribution in [-0.2, 0) is 9.53 Å². The Bertz CT molecular complexity index is 1210. The summed E-state index contributed by atoms with van der Waals surface area (Å²) >= 11 is 0. The second-order valence-electron chi connectivity index (χ2n) is 8.30. The van der Waals surface area contributed by atoms with Crippen molar-refractivity contribution in [2.45, 2.75) is 32.4 Å². The molecule has 0 bridgehead atoms. The Morgan fingerprint density at radius 1 is 1.26 bits per heavy atom. The lowest BCUT2D eigenvalue weighted by atomic mass is 10.0. The third kappa shape index (κ3) is 5.14. The molecule has 0 radical (unpaired) electrons. The van der Waals surface area contributed by atoms with Crippen LogP contribution in [-0.4, -0.2) is 46.7 Å². The molecular formula is C25H26FN5O3. The average Bonchev–Trinajstić information content (AvgIpc) is 3.45. The molecule has 34 heavy (non-hydrogen) atoms. The summed E-state index contributed by atoms with van der Waals surface area (Å²) in [6.45, 7) is 3.71. The molecule has 1 aliphatic rings. The van der Waals surface area contributed by atoms with Gasteiger partial charge in [0.2, 0.25) is 5.91 Å². The second-order valence-corrected chi connectivity index (χ2v) is 8.30. The van der Waals surface area contributed by atoms with E-state index >= 15 is 0 Å². The zero-order chi connectivity index (χ0) is 24.2. The molecule has 0 spiro atoms. The van der Waals surface area contributed by atoms with Crippen LogP contribution in [0.15, 0.2) is 60.8 Å². The van der Waals surface area contributed by atoms with E-state index in [1.54, 1.807) is 10.7 Å². The fourth-order valence-electron chi connectivity index (χ4n) is 3.86. The van der Waals surface area contributed by atoms with E-state index in [2.05, 4.69) is 10.4 Å². The minimum absolute atomic E-state index is 0.140. The van der Waals surface area contributed by atoms with Crippen LogP contribution in [0.4, 0.5) is 14.9 Å². The summed E-state index contributed by atoms with van der Waals surface area (Å²) in [7, 11) is 0. The number of nitrogens with zero attached hydrogens (tertiary/aromatic N) is 3. The van der Waals surface area contributed by atoms with Crippen molar-refractivity contribution in [1.29, 1.82) is 5.41 Å². The van der Waals surface area contributed by atoms with Gasteiger partial charge < -0.3 is 15.5 Å². The van der Waals surface area contributed by atoms with Crippen molar-refractivity contribution in [3.63, 3.8) is 0 Å². The quantitative estimate of drug-likeness (QED) is 0.490. The highest BCUT2D eigenvalue weighted by Crippen LogP contribution is 2.26. The molecule has 2 N–H and O–H groups in total. The van der Waals surface area contributed by atoms with E-state index in [0.29, 0.717) is 5.69 Å². The van der Waals surface area contributed by atoms with E-state index in [4.69, 9.17) is 10.1 Å². The number of anilines is 1. The largest absolute Gasteiger partial charge is 0.442 e. The number of carbonyl (C=O) groups excluding carboxylic acids is 2. The molecule has 2 atom stereocenters. The highest BCUT2D eigenvalue weighted by molar-refractivity contribution is 5.99. The van der Waals surface area contributed by atoms with E-state index in [9.17, 15) is 14.0 Å². The van der Waals surface area contributed by atoms with E-state index in [0.717, 1.165) is 11.3 Å². The molecule has 0 aliphatic carbocycles. The maximum Gasteiger partial charge on any atom is 0.414 e. The van der Waals surface area contributed by atoms with Gasteiger partial charge in [-0.05, 0) is 31.2 Å². The number of benzene rings is 2. The lowest BCUT2D eigenvalue weighted by Gasteiger charge is -2.16. The summed E-state index contributed by atoms with van der Waals surface area (Å²) in [6, 6.07) is 15.9. The Labute approximate surface area is 196 Å². The Hall–Kier alpha value is -4.01. The summed E-state index contributed by atoms with van der Waals surface area (Å²) in [5.41, 5.74) is 2.50. The van der Waals surface area contributed by atoms with Crippen molar-refractivity contribution < 1.29 is 18.7 Å². The van der Waals surface area contributed by atoms with Gasteiger partial charge in [0.1, 0.15) is 11.9 Å². The van der Waals surface area contributed by atoms with Crippen LogP contribution in [0.25, 0.3) is 11.3 Å². The predicted molar refractivity (Wildman–Crippen MR) is 127 cm³/mol. The van der Waals surface area contributed by atoms with Crippen LogP contribution in [0.2, 0.25) is 0 Å². The molecule has 1 aromatic heterocycles. The van der Waals surface area contributed by atoms with Gasteiger partial charge in [0, 0.05) is 36.4 Å². The Balaban J connectivity index is 1.41. The molecule has 1 aliphatic heterocycles. The minimum Gasteiger partial charge on any atom is -0.442 e. The number of ether oxygens (including phenoxy) is 1. The zero-order valence-electron chi connectivity index (χ0n) is 19.0. The molecule has 0 saturated carbocycles. The van der Waals surface area contributed by atoms with Gasteiger partial charge in [0.15, 0.2) is 0 Å². The molecule has 1 saturated heterocycles. The number of nitrogens with one attached hydrogen (secondary N) is 2. The maximum absolute atomic E-state index is 14.9. The smallest absolute Gasteiger partial charge is 0.414 e. The highest BCUT2D eigenvalue weighted by Gasteiger charge is 2.32. The van der Waals surface area contributed by atoms with Gasteiger partial charge in [-0.2, -0.15) is 5.10 Å². The fraction of sp³-hybridized carbons (Fsp3) is 0.280. The number of carbonyl (C=O) groups is 2. The van der Waals surface area contributed by atoms with E-state index < -0.39 is 18.0 Å². The van der Waals surface area contributed by atoms with Crippen molar-refractivity contribution in [1.82, 2.24) is 15.1 Å². The molecule has 4 rings (SSSR count). The lowest BCUT2D eigenvalue weighted by Crippen LogP contribution is -2.33. The Morgan fingerprint density at radius 2 is 2.03 bits per heavy atom. The van der Waals surface area contributed by atoms with Crippen LogP contribution < -0.4 is 10.2 Å². The summed E-state index contributed by atoms with van der Waals surface area (Å²) < 4.78 is 21.9. The molecule has 2 aromatic carbocycles. The van der Waals surface area contributed by atoms with Crippen LogP contribution in [0.5, 0.6) is 0 Å². The maximum atomic E-state index is 14.9. The molecule has 1 fully saturated rings. The van der Waals surface area contributed by atoms with Crippen LogP contribution in [0, 0.1) is 11.2 Å². The number of hydrogen-bond donors (Lipinski definition) is 2. The second kappa shape index (κ2) is 9.86. The van der Waals surface area contributed by atoms with E-state index in [1.165, 1.54) is 24.0 Å². The van der Waals surface area contributed by atoms with Gasteiger partial charge in [-0.15, -0.1) is 0 Å². The van der Waals surface area contributed by atoms with E-state index in [1.807, 2.05) is 49.5 Å². The first-order valence-electron chi connectivity index (χ1n) is 11.0. The number of rotatable bonds is 8. The first-order chi connectivity index (χ1) is 16.3. The molecule has 3 aromatic rings. The Morgan fingerprint density at radius 3 is 2.74 bits per heavy atom. The molecule has 9 heteroatoms. The minimum atomic E-state index is -0.598. The topological polar surface area (TPSA) is 100 Å². The molecular weight excluding hydrogens is 437 g/mol. The number of halogens is 1. The normalized spacial score (nSPS) is 16.3. The summed E-state index contributed by atoms with van der Waals surface area (Å²) in [5.74, 6) is -0.803. The van der Waals surface area contributed by atoms with Crippen LogP contribution in [0.3, 0.4) is 0 Å². The molecule has 8 nitrogen and oxygen atoms in total. The first-order valence-corrected chi connectivity index (χ1v) is 11.0. The van der Waals surface area contributed by atoms with Gasteiger partial charge >= 0.3 is 6.09 Å². The zero-order valence-corrected chi connectivity index (χ0v) is 19.0. The third-order valence-electron chi connectivity index (χ3n) is 5.67. The molecule has 176 valence electrons. The van der Waals surface area contributed by atoms with Gasteiger partial charge in [0.25, 0.3) is 0 Å². The third-order valence-corrected chi connectivity index (χ3v) is 5.67. The summed E-state index contributed by atoms with van der Waals surface area (Å²) in [6.07, 6.45) is 1.04. The van der Waals surface area contributed by atoms with Crippen molar-refractivity contribution in [3.05, 3.63) is 72.2 Å². The van der Waals surface area contributed by atoms with Crippen molar-refractivity contribution in [2.24, 2.45) is 0 Å². The van der Waals surface area contributed by atoms with Gasteiger partial charge in [-0.25, -0.2) is 9.18 Å². The van der Waals surface area contributed by atoms with Crippen LogP contribution >= 0.6 is 0 Å². The monoisotopic (exact) mass is 463 g/mol. The van der Waals surface area contributed by atoms with Gasteiger partial charge in [-0.1, -0.05) is 30.3 Å². The number of aromatic nitrogens is 2. The number of amides is 2. The molecule has 2 amide bonds. The van der Waals surface area contributed by atoms with Gasteiger partial charge in [-0.3, -0.25) is 14.4 Å². The first kappa shape index (κ1) is 23.2. The standard InChI is InChI=1S/C25H26FN5O3/c1-16(31-11-10-24(29-31)18-6-4-3-5-7-18)12-23(27)21-9-8-19(13-22(21)26)30-15-20(34-25(30)33)14-28-17(2)32/h3-11,13,16,20,27H,12,14-15H2,1-2H3,(H,28,32)/t16-,20-/m0/s1. The van der Waals surface area contributed by atoms with Crippen molar-refractivity contribution in [3.8, 4) is 11.3 Å². The average molecular weight is 464 g/mol. The predicted octanol–water partition coefficient (Wildman–Crippen LogP) is 4.17. The SMILES string of the molecule is CC(=O)NC[C@H]1CN(c2ccc(C(=N)C[C@H](C)n3ccc(-c4ccccc4)n3)c(F)c2)C(=O)O1. The molecule has 2 heterocycles. The molecule has 0 unspecified atom stereocenters. The van der Waals surface area contributed by atoms with Crippen molar-refractivity contribution >= 4 is 23.4 Å². The lowest BCUT2D eigenvalue weighted by molar-refractivity contribution is -0.119. The van der Waals surface area contributed by atoms with Crippen molar-refractivity contribution in [2.75, 3.05) is 18.0 Å². The Kier molecular flexibility index (Phi) is 6.72. The summed E-state index contributed by atoms with van der Waals surface area (Å²) in [5, 5.41) is 15.6. The van der Waals surface area contributed by atoms with Gasteiger partial charge in [0.05, 0.1) is 30.5 Å².